The highest BCUT2D eigenvalue weighted by atomic mass is 32.2. The Bertz CT molecular complexity index is 1350. The Labute approximate surface area is 191 Å². The third-order valence-corrected chi connectivity index (χ3v) is 6.49. The van der Waals surface area contributed by atoms with Crippen molar-refractivity contribution in [2.75, 3.05) is 11.5 Å². The third-order valence-electron chi connectivity index (χ3n) is 5.63. The van der Waals surface area contributed by atoms with Crippen LogP contribution in [0.3, 0.4) is 0 Å². The number of primary amides is 1. The Morgan fingerprint density at radius 2 is 2.06 bits per heavy atom. The summed E-state index contributed by atoms with van der Waals surface area (Å²) < 4.78 is 9.53. The first-order valence-electron chi connectivity index (χ1n) is 10.3. The SMILES string of the molecule is CCSc1nc2cc(C(N)=O)ccc2n1CC1O[C@@H](n2cnc3c(N)ncnc32)[C@H](O)[C@@H]1O. The Kier molecular flexibility index (Phi) is 5.40. The summed E-state index contributed by atoms with van der Waals surface area (Å²) in [6.07, 6.45) is -1.30. The van der Waals surface area contributed by atoms with Crippen LogP contribution in [0.5, 0.6) is 0 Å². The number of anilines is 1. The number of thioether (sulfide) groups is 1. The second-order valence-corrected chi connectivity index (χ2v) is 8.87. The summed E-state index contributed by atoms with van der Waals surface area (Å²) >= 11 is 1.52. The first-order valence-corrected chi connectivity index (χ1v) is 11.2. The van der Waals surface area contributed by atoms with Crippen LogP contribution in [0.1, 0.15) is 23.5 Å². The van der Waals surface area contributed by atoms with Crippen LogP contribution in [0, 0.1) is 0 Å². The molecule has 0 radical (unpaired) electrons. The van der Waals surface area contributed by atoms with Crippen molar-refractivity contribution < 1.29 is 19.7 Å². The van der Waals surface area contributed by atoms with Gasteiger partial charge in [0.25, 0.3) is 0 Å². The molecule has 0 saturated carbocycles. The molecule has 1 aromatic carbocycles. The first kappa shape index (κ1) is 21.6. The van der Waals surface area contributed by atoms with Gasteiger partial charge in [-0.3, -0.25) is 9.36 Å². The minimum Gasteiger partial charge on any atom is -0.387 e. The number of carbonyl (C=O) groups excluding carboxylic acids is 1. The lowest BCUT2D eigenvalue weighted by atomic mass is 10.1. The highest BCUT2D eigenvalue weighted by molar-refractivity contribution is 7.99. The number of rotatable bonds is 6. The molecule has 0 spiro atoms. The molecule has 1 fully saturated rings. The fraction of sp³-hybridized carbons (Fsp3) is 0.350. The van der Waals surface area contributed by atoms with Gasteiger partial charge in [0, 0.05) is 5.56 Å². The van der Waals surface area contributed by atoms with Crippen LogP contribution in [-0.2, 0) is 11.3 Å². The van der Waals surface area contributed by atoms with E-state index in [4.69, 9.17) is 16.2 Å². The van der Waals surface area contributed by atoms with E-state index < -0.39 is 30.4 Å². The number of nitrogen functional groups attached to an aromatic ring is 1. The average molecular weight is 471 g/mol. The summed E-state index contributed by atoms with van der Waals surface area (Å²) in [6, 6.07) is 5.04. The Morgan fingerprint density at radius 3 is 2.82 bits per heavy atom. The number of benzene rings is 1. The molecular weight excluding hydrogens is 448 g/mol. The van der Waals surface area contributed by atoms with Crippen LogP contribution < -0.4 is 11.5 Å². The molecule has 33 heavy (non-hydrogen) atoms. The lowest BCUT2D eigenvalue weighted by Gasteiger charge is -2.17. The number of hydrogen-bond acceptors (Lipinski definition) is 10. The maximum Gasteiger partial charge on any atom is 0.248 e. The molecule has 1 unspecified atom stereocenters. The number of amides is 1. The molecule has 1 amide bonds. The van der Waals surface area contributed by atoms with Crippen LogP contribution in [0.25, 0.3) is 22.2 Å². The van der Waals surface area contributed by atoms with Crippen LogP contribution in [0.2, 0.25) is 0 Å². The smallest absolute Gasteiger partial charge is 0.248 e. The number of aliphatic hydroxyl groups excluding tert-OH is 2. The highest BCUT2D eigenvalue weighted by Gasteiger charge is 2.44. The van der Waals surface area contributed by atoms with Gasteiger partial charge in [-0.15, -0.1) is 0 Å². The van der Waals surface area contributed by atoms with Gasteiger partial charge in [-0.05, 0) is 24.0 Å². The molecule has 4 atom stereocenters. The number of ether oxygens (including phenoxy) is 1. The molecule has 1 aliphatic heterocycles. The molecule has 4 heterocycles. The van der Waals surface area contributed by atoms with Crippen molar-refractivity contribution in [1.82, 2.24) is 29.1 Å². The zero-order valence-electron chi connectivity index (χ0n) is 17.6. The second kappa shape index (κ2) is 8.26. The number of fused-ring (bicyclic) bond motifs is 2. The van der Waals surface area contributed by atoms with E-state index in [9.17, 15) is 15.0 Å². The van der Waals surface area contributed by atoms with Crippen LogP contribution in [0.4, 0.5) is 5.82 Å². The molecule has 1 saturated heterocycles. The normalized spacial score (nSPS) is 23.0. The fourth-order valence-corrected chi connectivity index (χ4v) is 4.77. The molecule has 0 aliphatic carbocycles. The molecule has 12 nitrogen and oxygen atoms in total. The summed E-state index contributed by atoms with van der Waals surface area (Å²) in [4.78, 5) is 28.5. The van der Waals surface area contributed by atoms with Crippen molar-refractivity contribution >= 4 is 45.7 Å². The molecule has 4 aromatic rings. The molecule has 1 aliphatic rings. The van der Waals surface area contributed by atoms with Crippen molar-refractivity contribution in [2.24, 2.45) is 5.73 Å². The topological polar surface area (TPSA) is 180 Å². The molecule has 6 N–H and O–H groups in total. The highest BCUT2D eigenvalue weighted by Crippen LogP contribution is 2.34. The Hall–Kier alpha value is -3.26. The number of imidazole rings is 2. The van der Waals surface area contributed by atoms with E-state index in [0.29, 0.717) is 27.4 Å². The molecular formula is C20H22N8O4S. The number of nitrogens with two attached hydrogens (primary N) is 2. The minimum absolute atomic E-state index is 0.213. The van der Waals surface area contributed by atoms with Crippen molar-refractivity contribution in [3.05, 3.63) is 36.4 Å². The number of hydrogen-bond donors (Lipinski definition) is 4. The summed E-state index contributed by atoms with van der Waals surface area (Å²) in [5.41, 5.74) is 13.8. The maximum atomic E-state index is 11.6. The average Bonchev–Trinajstić information content (AvgIpc) is 3.45. The van der Waals surface area contributed by atoms with E-state index in [1.54, 1.807) is 18.2 Å². The lowest BCUT2D eigenvalue weighted by molar-refractivity contribution is -0.0396. The third kappa shape index (κ3) is 3.58. The zero-order chi connectivity index (χ0) is 23.3. The van der Waals surface area contributed by atoms with Gasteiger partial charge in [0.15, 0.2) is 22.8 Å². The summed E-state index contributed by atoms with van der Waals surface area (Å²) in [5.74, 6) is 0.450. The first-order chi connectivity index (χ1) is 15.9. The zero-order valence-corrected chi connectivity index (χ0v) is 18.4. The van der Waals surface area contributed by atoms with Gasteiger partial charge in [0.05, 0.1) is 23.9 Å². The van der Waals surface area contributed by atoms with Crippen molar-refractivity contribution in [2.45, 2.75) is 43.2 Å². The summed E-state index contributed by atoms with van der Waals surface area (Å²) in [5, 5.41) is 22.3. The monoisotopic (exact) mass is 470 g/mol. The predicted molar refractivity (Wildman–Crippen MR) is 120 cm³/mol. The molecule has 13 heteroatoms. The van der Waals surface area contributed by atoms with E-state index in [0.717, 1.165) is 11.3 Å². The van der Waals surface area contributed by atoms with Gasteiger partial charge >= 0.3 is 0 Å². The maximum absolute atomic E-state index is 11.6. The Morgan fingerprint density at radius 1 is 1.24 bits per heavy atom. The lowest BCUT2D eigenvalue weighted by Crippen LogP contribution is -2.33. The van der Waals surface area contributed by atoms with Gasteiger partial charge < -0.3 is 31.0 Å². The van der Waals surface area contributed by atoms with Gasteiger partial charge in [-0.2, -0.15) is 0 Å². The van der Waals surface area contributed by atoms with Gasteiger partial charge in [-0.1, -0.05) is 18.7 Å². The van der Waals surface area contributed by atoms with Crippen LogP contribution in [0.15, 0.2) is 36.0 Å². The second-order valence-electron chi connectivity index (χ2n) is 7.63. The standard InChI is InChI=1S/C20H22N8O4S/c1-2-33-20-26-10-5-9(17(22)31)3-4-11(10)27(20)6-12-14(29)15(30)19(32-12)28-8-25-13-16(21)23-7-24-18(13)28/h3-5,7-8,12,14-15,19,29-30H,2,6H2,1H3,(H2,22,31)(H2,21,23,24)/t12?,14-,15-,19-/m1/s1. The van der Waals surface area contributed by atoms with Crippen LogP contribution >= 0.6 is 11.8 Å². The Balaban J connectivity index is 1.48. The van der Waals surface area contributed by atoms with Crippen LogP contribution in [-0.4, -0.2) is 69.3 Å². The van der Waals surface area contributed by atoms with E-state index in [2.05, 4.69) is 19.9 Å². The minimum atomic E-state index is -1.22. The van der Waals surface area contributed by atoms with E-state index in [1.807, 2.05) is 11.5 Å². The molecule has 5 rings (SSSR count). The van der Waals surface area contributed by atoms with Crippen molar-refractivity contribution in [1.29, 1.82) is 0 Å². The van der Waals surface area contributed by atoms with Crippen molar-refractivity contribution in [3.8, 4) is 0 Å². The molecule has 172 valence electrons. The summed E-state index contributed by atoms with van der Waals surface area (Å²) in [7, 11) is 0. The molecule has 3 aromatic heterocycles. The predicted octanol–water partition coefficient (Wildman–Crippen LogP) is 0.288. The number of carbonyl (C=O) groups is 1. The largest absolute Gasteiger partial charge is 0.387 e. The van der Waals surface area contributed by atoms with E-state index >= 15 is 0 Å². The number of aromatic nitrogens is 6. The molecule has 0 bridgehead atoms. The van der Waals surface area contributed by atoms with Gasteiger partial charge in [0.1, 0.15) is 30.2 Å². The van der Waals surface area contributed by atoms with E-state index in [-0.39, 0.29) is 12.4 Å². The number of nitrogens with zero attached hydrogens (tertiary/aromatic N) is 6. The number of aliphatic hydroxyl groups is 2. The van der Waals surface area contributed by atoms with Gasteiger partial charge in [0.2, 0.25) is 5.91 Å². The van der Waals surface area contributed by atoms with E-state index in [1.165, 1.54) is 29.0 Å². The summed E-state index contributed by atoms with van der Waals surface area (Å²) in [6.45, 7) is 2.23. The fourth-order valence-electron chi connectivity index (χ4n) is 4.02. The quantitative estimate of drug-likeness (QED) is 0.286. The van der Waals surface area contributed by atoms with Crippen molar-refractivity contribution in [3.63, 3.8) is 0 Å². The van der Waals surface area contributed by atoms with Gasteiger partial charge in [-0.25, -0.2) is 19.9 Å².